The van der Waals surface area contributed by atoms with Gasteiger partial charge in [-0.05, 0) is 30.3 Å². The first-order valence-corrected chi connectivity index (χ1v) is 7.09. The summed E-state index contributed by atoms with van der Waals surface area (Å²) in [5, 5.41) is 6.70. The second kappa shape index (κ2) is 6.43. The lowest BCUT2D eigenvalue weighted by molar-refractivity contribution is 0.0964. The molecule has 0 fully saturated rings. The number of rotatable bonds is 3. The van der Waals surface area contributed by atoms with Gasteiger partial charge < -0.3 is 16.4 Å². The van der Waals surface area contributed by atoms with Gasteiger partial charge >= 0.3 is 0 Å². The number of hydrogen-bond donors (Lipinski definition) is 3. The van der Waals surface area contributed by atoms with E-state index in [9.17, 15) is 4.79 Å². The fraction of sp³-hybridized carbons (Fsp3) is 0.0714. The summed E-state index contributed by atoms with van der Waals surface area (Å²) in [4.78, 5) is 11.9. The molecule has 0 radical (unpaired) electrons. The number of nitrogens with one attached hydrogen (secondary N) is 2. The van der Waals surface area contributed by atoms with Crippen LogP contribution in [0.4, 0.5) is 17.1 Å². The highest BCUT2D eigenvalue weighted by Crippen LogP contribution is 2.35. The van der Waals surface area contributed by atoms with Crippen molar-refractivity contribution in [2.75, 3.05) is 18.1 Å². The average molecular weight is 345 g/mol. The number of nitrogen functional groups attached to an aromatic ring is 1. The molecule has 0 aliphatic carbocycles. The summed E-state index contributed by atoms with van der Waals surface area (Å²) in [7, 11) is 1.55. The van der Waals surface area contributed by atoms with Crippen LogP contribution in [0.5, 0.6) is 0 Å². The van der Waals surface area contributed by atoms with Gasteiger partial charge in [-0.1, -0.05) is 34.8 Å². The highest BCUT2D eigenvalue weighted by atomic mass is 35.5. The van der Waals surface area contributed by atoms with Crippen molar-refractivity contribution in [1.29, 1.82) is 0 Å². The molecule has 0 aliphatic heterocycles. The Balaban J connectivity index is 2.46. The van der Waals surface area contributed by atoms with Crippen molar-refractivity contribution in [3.8, 4) is 0 Å². The number of carbonyl (C=O) groups is 1. The molecule has 4 nitrogen and oxygen atoms in total. The topological polar surface area (TPSA) is 67.2 Å². The smallest absolute Gasteiger partial charge is 0.253 e. The Bertz CT molecular complexity index is 704. The van der Waals surface area contributed by atoms with Crippen LogP contribution in [0.15, 0.2) is 30.3 Å². The molecule has 1 amide bonds. The lowest BCUT2D eigenvalue weighted by Gasteiger charge is -2.14. The van der Waals surface area contributed by atoms with Crippen LogP contribution in [0.1, 0.15) is 10.4 Å². The van der Waals surface area contributed by atoms with Crippen molar-refractivity contribution >= 4 is 57.8 Å². The van der Waals surface area contributed by atoms with Crippen molar-refractivity contribution < 1.29 is 4.79 Å². The molecule has 4 N–H and O–H groups in total. The van der Waals surface area contributed by atoms with Crippen LogP contribution in [-0.4, -0.2) is 13.0 Å². The summed E-state index contributed by atoms with van der Waals surface area (Å²) in [5.74, 6) is -0.242. The first kappa shape index (κ1) is 15.8. The summed E-state index contributed by atoms with van der Waals surface area (Å²) in [5.41, 5.74) is 7.77. The Hall–Kier alpha value is -1.62. The number of anilines is 3. The predicted molar refractivity (Wildman–Crippen MR) is 89.0 cm³/mol. The highest BCUT2D eigenvalue weighted by Gasteiger charge is 2.13. The molecule has 0 aliphatic rings. The Morgan fingerprint density at radius 2 is 1.67 bits per heavy atom. The predicted octanol–water partition coefficient (Wildman–Crippen LogP) is 4.33. The van der Waals surface area contributed by atoms with Crippen LogP contribution < -0.4 is 16.4 Å². The van der Waals surface area contributed by atoms with Crippen molar-refractivity contribution in [3.05, 3.63) is 51.0 Å². The minimum absolute atomic E-state index is 0.242. The van der Waals surface area contributed by atoms with Gasteiger partial charge in [-0.25, -0.2) is 0 Å². The van der Waals surface area contributed by atoms with Gasteiger partial charge in [0, 0.05) is 12.7 Å². The van der Waals surface area contributed by atoms with Gasteiger partial charge in [-0.2, -0.15) is 0 Å². The van der Waals surface area contributed by atoms with Crippen LogP contribution >= 0.6 is 34.8 Å². The molecule has 2 aromatic carbocycles. The molecule has 0 bridgehead atoms. The lowest BCUT2D eigenvalue weighted by atomic mass is 10.1. The largest absolute Gasteiger partial charge is 0.399 e. The summed E-state index contributed by atoms with van der Waals surface area (Å²) in [6.07, 6.45) is 0. The SMILES string of the molecule is CNC(=O)c1ccc(N)cc1Nc1cc(Cl)c(Cl)cc1Cl. The molecule has 0 aromatic heterocycles. The van der Waals surface area contributed by atoms with Crippen LogP contribution in [0.3, 0.4) is 0 Å². The third-order valence-electron chi connectivity index (χ3n) is 2.79. The minimum Gasteiger partial charge on any atom is -0.399 e. The van der Waals surface area contributed by atoms with Crippen LogP contribution in [0, 0.1) is 0 Å². The second-order valence-electron chi connectivity index (χ2n) is 4.26. The summed E-state index contributed by atoms with van der Waals surface area (Å²) >= 11 is 18.0. The molecule has 0 saturated heterocycles. The molecule has 2 rings (SSSR count). The van der Waals surface area contributed by atoms with E-state index < -0.39 is 0 Å². The van der Waals surface area contributed by atoms with Crippen molar-refractivity contribution in [2.24, 2.45) is 0 Å². The number of benzene rings is 2. The van der Waals surface area contributed by atoms with E-state index in [4.69, 9.17) is 40.5 Å². The van der Waals surface area contributed by atoms with E-state index in [0.717, 1.165) is 0 Å². The van der Waals surface area contributed by atoms with Crippen LogP contribution in [0.25, 0.3) is 0 Å². The molecule has 7 heteroatoms. The van der Waals surface area contributed by atoms with Gasteiger partial charge in [0.2, 0.25) is 0 Å². The average Bonchev–Trinajstić information content (AvgIpc) is 2.44. The van der Waals surface area contributed by atoms with Gasteiger partial charge in [0.25, 0.3) is 5.91 Å². The Morgan fingerprint density at radius 3 is 2.33 bits per heavy atom. The quantitative estimate of drug-likeness (QED) is 0.573. The van der Waals surface area contributed by atoms with E-state index >= 15 is 0 Å². The molecule has 0 spiro atoms. The zero-order valence-electron chi connectivity index (χ0n) is 11.0. The van der Waals surface area contributed by atoms with Gasteiger partial charge in [0.05, 0.1) is 32.0 Å². The molecular formula is C14H12Cl3N3O. The van der Waals surface area contributed by atoms with Crippen LogP contribution in [0.2, 0.25) is 15.1 Å². The lowest BCUT2D eigenvalue weighted by Crippen LogP contribution is -2.19. The number of halogens is 3. The first-order chi connectivity index (χ1) is 9.92. The minimum atomic E-state index is -0.242. The van der Waals surface area contributed by atoms with Gasteiger partial charge in [0.1, 0.15) is 0 Å². The molecule has 0 unspecified atom stereocenters. The molecular weight excluding hydrogens is 333 g/mol. The normalized spacial score (nSPS) is 10.3. The summed E-state index contributed by atoms with van der Waals surface area (Å²) < 4.78 is 0. The maximum absolute atomic E-state index is 11.9. The number of nitrogens with two attached hydrogens (primary N) is 1. The Labute approximate surface area is 137 Å². The zero-order chi connectivity index (χ0) is 15.6. The Kier molecular flexibility index (Phi) is 4.83. The number of carbonyl (C=O) groups excluding carboxylic acids is 1. The maximum atomic E-state index is 11.9. The van der Waals surface area contributed by atoms with Gasteiger partial charge in [0.15, 0.2) is 0 Å². The van der Waals surface area contributed by atoms with E-state index in [0.29, 0.717) is 37.7 Å². The fourth-order valence-corrected chi connectivity index (χ4v) is 2.36. The maximum Gasteiger partial charge on any atom is 0.253 e. The molecule has 0 saturated carbocycles. The monoisotopic (exact) mass is 343 g/mol. The van der Waals surface area contributed by atoms with E-state index in [-0.39, 0.29) is 5.91 Å². The highest BCUT2D eigenvalue weighted by molar-refractivity contribution is 6.44. The van der Waals surface area contributed by atoms with Gasteiger partial charge in [-0.15, -0.1) is 0 Å². The number of amides is 1. The van der Waals surface area contributed by atoms with E-state index in [2.05, 4.69) is 10.6 Å². The third-order valence-corrected chi connectivity index (χ3v) is 3.83. The molecule has 0 atom stereocenters. The fourth-order valence-electron chi connectivity index (χ4n) is 1.76. The number of hydrogen-bond acceptors (Lipinski definition) is 3. The molecule has 110 valence electrons. The van der Waals surface area contributed by atoms with E-state index in [1.54, 1.807) is 31.3 Å². The van der Waals surface area contributed by atoms with Crippen molar-refractivity contribution in [2.45, 2.75) is 0 Å². The molecule has 2 aromatic rings. The Morgan fingerprint density at radius 1 is 1.00 bits per heavy atom. The van der Waals surface area contributed by atoms with E-state index in [1.807, 2.05) is 0 Å². The zero-order valence-corrected chi connectivity index (χ0v) is 13.3. The summed E-state index contributed by atoms with van der Waals surface area (Å²) in [6, 6.07) is 8.03. The van der Waals surface area contributed by atoms with Gasteiger partial charge in [-0.3, -0.25) is 4.79 Å². The van der Waals surface area contributed by atoms with Crippen molar-refractivity contribution in [3.63, 3.8) is 0 Å². The first-order valence-electron chi connectivity index (χ1n) is 5.95. The standard InChI is InChI=1S/C14H12Cl3N3O/c1-19-14(21)8-3-2-7(18)4-12(8)20-13-6-10(16)9(15)5-11(13)17/h2-6,20H,18H2,1H3,(H,19,21). The second-order valence-corrected chi connectivity index (χ2v) is 5.48. The summed E-state index contributed by atoms with van der Waals surface area (Å²) in [6.45, 7) is 0. The molecule has 0 heterocycles. The van der Waals surface area contributed by atoms with E-state index in [1.165, 1.54) is 6.07 Å². The van der Waals surface area contributed by atoms with Crippen LogP contribution in [-0.2, 0) is 0 Å². The molecule has 21 heavy (non-hydrogen) atoms. The van der Waals surface area contributed by atoms with Crippen molar-refractivity contribution in [1.82, 2.24) is 5.32 Å². The third kappa shape index (κ3) is 3.53.